The van der Waals surface area contributed by atoms with Crippen molar-refractivity contribution in [1.82, 2.24) is 10.2 Å². The highest BCUT2D eigenvalue weighted by Gasteiger charge is 2.35. The van der Waals surface area contributed by atoms with Crippen molar-refractivity contribution >= 4 is 17.6 Å². The summed E-state index contributed by atoms with van der Waals surface area (Å²) in [4.78, 5) is 38.1. The van der Waals surface area contributed by atoms with E-state index in [0.29, 0.717) is 12.3 Å². The smallest absolute Gasteiger partial charge is 0.290 e. The van der Waals surface area contributed by atoms with Gasteiger partial charge in [-0.1, -0.05) is 19.3 Å². The Bertz CT molecular complexity index is 589. The first kappa shape index (κ1) is 22.2. The Morgan fingerprint density at radius 3 is 2.34 bits per heavy atom. The minimum absolute atomic E-state index is 0.0777. The predicted octanol–water partition coefficient (Wildman–Crippen LogP) is 1.23. The molecule has 0 aromatic carbocycles. The highest BCUT2D eigenvalue weighted by molar-refractivity contribution is 6.36. The monoisotopic (exact) mass is 407 g/mol. The normalized spacial score (nSPS) is 31.3. The minimum Gasteiger partial charge on any atom is -0.388 e. The number of hydrogen-bond donors (Lipinski definition) is 3. The van der Waals surface area contributed by atoms with Gasteiger partial charge in [0.1, 0.15) is 6.61 Å². The molecular formula is C22H37N3O4. The van der Waals surface area contributed by atoms with Gasteiger partial charge in [0.25, 0.3) is 5.91 Å². The highest BCUT2D eigenvalue weighted by atomic mass is 16.3. The lowest BCUT2D eigenvalue weighted by molar-refractivity contribution is -0.141. The second-order valence-electron chi connectivity index (χ2n) is 9.31. The van der Waals surface area contributed by atoms with Crippen molar-refractivity contribution in [2.24, 2.45) is 29.4 Å². The third-order valence-corrected chi connectivity index (χ3v) is 7.43. The minimum atomic E-state index is -0.819. The Morgan fingerprint density at radius 1 is 0.931 bits per heavy atom. The first-order valence-electron chi connectivity index (χ1n) is 11.4. The van der Waals surface area contributed by atoms with E-state index in [4.69, 9.17) is 10.8 Å². The van der Waals surface area contributed by atoms with E-state index in [2.05, 4.69) is 5.32 Å². The van der Waals surface area contributed by atoms with Gasteiger partial charge in [0.15, 0.2) is 0 Å². The van der Waals surface area contributed by atoms with Gasteiger partial charge < -0.3 is 21.1 Å². The molecule has 4 unspecified atom stereocenters. The maximum atomic E-state index is 13.0. The van der Waals surface area contributed by atoms with Gasteiger partial charge in [-0.05, 0) is 69.2 Å². The summed E-state index contributed by atoms with van der Waals surface area (Å²) in [7, 11) is 0. The van der Waals surface area contributed by atoms with Crippen molar-refractivity contribution in [3.05, 3.63) is 0 Å². The SMILES string of the molecule is NCC1CCCC(C2CCN(C(=O)C3CCCC(NC(=O)C(=O)CO)C3)CC2)C1. The largest absolute Gasteiger partial charge is 0.388 e. The van der Waals surface area contributed by atoms with Crippen molar-refractivity contribution in [2.45, 2.75) is 70.3 Å². The molecule has 1 heterocycles. The number of nitrogens with zero attached hydrogens (tertiary/aromatic N) is 1. The van der Waals surface area contributed by atoms with Crippen molar-refractivity contribution in [3.63, 3.8) is 0 Å². The summed E-state index contributed by atoms with van der Waals surface area (Å²) in [6.07, 6.45) is 10.4. The van der Waals surface area contributed by atoms with Crippen molar-refractivity contribution in [2.75, 3.05) is 26.2 Å². The lowest BCUT2D eigenvalue weighted by atomic mass is 9.72. The van der Waals surface area contributed by atoms with Crippen LogP contribution in [0.1, 0.15) is 64.2 Å². The van der Waals surface area contributed by atoms with E-state index in [0.717, 1.165) is 63.6 Å². The molecule has 29 heavy (non-hydrogen) atoms. The van der Waals surface area contributed by atoms with Crippen LogP contribution in [-0.2, 0) is 14.4 Å². The number of nitrogens with two attached hydrogens (primary N) is 1. The molecule has 1 saturated heterocycles. The summed E-state index contributed by atoms with van der Waals surface area (Å²) in [6, 6.07) is -0.159. The molecule has 2 aliphatic carbocycles. The molecule has 4 atom stereocenters. The fraction of sp³-hybridized carbons (Fsp3) is 0.864. The molecule has 1 aliphatic heterocycles. The number of ketones is 1. The third kappa shape index (κ3) is 5.79. The molecule has 164 valence electrons. The van der Waals surface area contributed by atoms with Crippen LogP contribution in [0, 0.1) is 23.7 Å². The topological polar surface area (TPSA) is 113 Å². The number of amides is 2. The molecule has 0 radical (unpaired) electrons. The maximum absolute atomic E-state index is 13.0. The van der Waals surface area contributed by atoms with Crippen LogP contribution in [0.4, 0.5) is 0 Å². The predicted molar refractivity (Wildman–Crippen MR) is 110 cm³/mol. The fourth-order valence-electron chi connectivity index (χ4n) is 5.71. The van der Waals surface area contributed by atoms with Gasteiger partial charge in [-0.3, -0.25) is 14.4 Å². The van der Waals surface area contributed by atoms with E-state index in [-0.39, 0.29) is 17.9 Å². The van der Waals surface area contributed by atoms with Gasteiger partial charge in [0, 0.05) is 25.0 Å². The van der Waals surface area contributed by atoms with E-state index in [1.54, 1.807) is 0 Å². The molecule has 0 aromatic rings. The Labute approximate surface area is 173 Å². The van der Waals surface area contributed by atoms with E-state index < -0.39 is 18.3 Å². The number of aliphatic hydroxyl groups excluding tert-OH is 1. The summed E-state index contributed by atoms with van der Waals surface area (Å²) in [6.45, 7) is 1.70. The number of carbonyl (C=O) groups is 3. The quantitative estimate of drug-likeness (QED) is 0.573. The third-order valence-electron chi connectivity index (χ3n) is 7.43. The molecule has 4 N–H and O–H groups in total. The van der Waals surface area contributed by atoms with Crippen molar-refractivity contribution < 1.29 is 19.5 Å². The number of rotatable bonds is 6. The zero-order valence-corrected chi connectivity index (χ0v) is 17.5. The van der Waals surface area contributed by atoms with Crippen LogP contribution in [0.5, 0.6) is 0 Å². The van der Waals surface area contributed by atoms with Crippen LogP contribution in [0.25, 0.3) is 0 Å². The first-order chi connectivity index (χ1) is 14.0. The Morgan fingerprint density at radius 2 is 1.66 bits per heavy atom. The maximum Gasteiger partial charge on any atom is 0.290 e. The number of Topliss-reactive ketones (excluding diaryl/α,β-unsaturated/α-hetero) is 1. The van der Waals surface area contributed by atoms with Gasteiger partial charge in [-0.15, -0.1) is 0 Å². The van der Waals surface area contributed by atoms with Crippen molar-refractivity contribution in [3.8, 4) is 0 Å². The standard InChI is InChI=1S/C22H37N3O4/c23-13-15-3-1-4-17(11-15)16-7-9-25(10-8-16)22(29)18-5-2-6-19(12-18)24-21(28)20(27)14-26/h15-19,26H,1-14,23H2,(H,24,28). The molecule has 7 nitrogen and oxygen atoms in total. The molecule has 3 aliphatic rings. The number of aliphatic hydroxyl groups is 1. The van der Waals surface area contributed by atoms with Crippen LogP contribution in [0.15, 0.2) is 0 Å². The van der Waals surface area contributed by atoms with Crippen LogP contribution in [0.3, 0.4) is 0 Å². The molecule has 0 aromatic heterocycles. The zero-order valence-electron chi connectivity index (χ0n) is 17.5. The summed E-state index contributed by atoms with van der Waals surface area (Å²) >= 11 is 0. The first-order valence-corrected chi connectivity index (χ1v) is 11.4. The highest BCUT2D eigenvalue weighted by Crippen LogP contribution is 2.38. The lowest BCUT2D eigenvalue weighted by Gasteiger charge is -2.41. The van der Waals surface area contributed by atoms with Gasteiger partial charge in [0.05, 0.1) is 0 Å². The molecule has 7 heteroatoms. The molecule has 0 spiro atoms. The van der Waals surface area contributed by atoms with Crippen LogP contribution in [0.2, 0.25) is 0 Å². The second-order valence-corrected chi connectivity index (χ2v) is 9.31. The zero-order chi connectivity index (χ0) is 20.8. The fourth-order valence-corrected chi connectivity index (χ4v) is 5.71. The molecule has 0 bridgehead atoms. The average molecular weight is 408 g/mol. The van der Waals surface area contributed by atoms with Crippen molar-refractivity contribution in [1.29, 1.82) is 0 Å². The van der Waals surface area contributed by atoms with Crippen LogP contribution < -0.4 is 11.1 Å². The summed E-state index contributed by atoms with van der Waals surface area (Å²) in [5, 5.41) is 11.5. The lowest BCUT2D eigenvalue weighted by Crippen LogP contribution is -2.48. The van der Waals surface area contributed by atoms with E-state index in [1.807, 2.05) is 4.90 Å². The molecule has 2 amide bonds. The van der Waals surface area contributed by atoms with Gasteiger partial charge in [-0.2, -0.15) is 0 Å². The Hall–Kier alpha value is -1.47. The summed E-state index contributed by atoms with van der Waals surface area (Å²) in [5.41, 5.74) is 5.89. The number of piperidine rings is 1. The number of nitrogens with one attached hydrogen (secondary N) is 1. The number of likely N-dealkylation sites (tertiary alicyclic amines) is 1. The molecule has 3 fully saturated rings. The molecule has 3 rings (SSSR count). The molecule has 2 saturated carbocycles. The summed E-state index contributed by atoms with van der Waals surface area (Å²) < 4.78 is 0. The average Bonchev–Trinajstić information content (AvgIpc) is 2.78. The number of carbonyl (C=O) groups excluding carboxylic acids is 3. The van der Waals surface area contributed by atoms with Crippen LogP contribution >= 0.6 is 0 Å². The Balaban J connectivity index is 1.46. The molecular weight excluding hydrogens is 370 g/mol. The van der Waals surface area contributed by atoms with E-state index >= 15 is 0 Å². The second kappa shape index (κ2) is 10.5. The van der Waals surface area contributed by atoms with E-state index in [9.17, 15) is 14.4 Å². The number of hydrogen-bond acceptors (Lipinski definition) is 5. The van der Waals surface area contributed by atoms with E-state index in [1.165, 1.54) is 25.7 Å². The summed E-state index contributed by atoms with van der Waals surface area (Å²) in [5.74, 6) is 0.741. The van der Waals surface area contributed by atoms with Crippen LogP contribution in [-0.4, -0.2) is 59.9 Å². The van der Waals surface area contributed by atoms with Gasteiger partial charge >= 0.3 is 0 Å². The van der Waals surface area contributed by atoms with Gasteiger partial charge in [-0.25, -0.2) is 0 Å². The Kier molecular flexibility index (Phi) is 8.07. The van der Waals surface area contributed by atoms with Gasteiger partial charge in [0.2, 0.25) is 11.7 Å².